The van der Waals surface area contributed by atoms with E-state index in [1.807, 2.05) is 0 Å². The molecule has 0 amide bonds. The van der Waals surface area contributed by atoms with Crippen molar-refractivity contribution in [1.29, 1.82) is 0 Å². The number of phosphoric acid groups is 1. The Kier molecular flexibility index (Phi) is 13.3. The minimum Gasteiger partial charge on any atom is -0.394 e. The Balaban J connectivity index is 0.000000280. The van der Waals surface area contributed by atoms with E-state index in [0.717, 1.165) is 0 Å². The lowest BCUT2D eigenvalue weighted by molar-refractivity contribution is -0.142. The zero-order valence-corrected chi connectivity index (χ0v) is 34.4. The summed E-state index contributed by atoms with van der Waals surface area (Å²) in [4.78, 5) is 20.7. The first-order valence-corrected chi connectivity index (χ1v) is 20.9. The molecule has 4 aliphatic rings. The normalized spacial score (nSPS) is 51.5. The van der Waals surface area contributed by atoms with E-state index < -0.39 is 95.6 Å². The molecule has 15 nitrogen and oxygen atoms in total. The zero-order chi connectivity index (χ0) is 40.5. The quantitative estimate of drug-likeness (QED) is 0.119. The number of hydrogen-bond donors (Lipinski definition) is 6. The fourth-order valence-electron chi connectivity index (χ4n) is 7.67. The summed E-state index contributed by atoms with van der Waals surface area (Å²) in [5.74, 6) is 0. The van der Waals surface area contributed by atoms with Crippen molar-refractivity contribution < 1.29 is 71.8 Å². The predicted octanol–water partition coefficient (Wildman–Crippen LogP) is 0.835. The van der Waals surface area contributed by atoms with E-state index in [-0.39, 0.29) is 38.9 Å². The second-order valence-corrected chi connectivity index (χ2v) is 21.2. The van der Waals surface area contributed by atoms with Crippen LogP contribution < -0.4 is 0 Å². The molecule has 0 aromatic rings. The fraction of sp³-hybridized carbons (Fsp3) is 1.00. The fourth-order valence-corrected chi connectivity index (χ4v) is 10.7. The maximum absolute atomic E-state index is 12.5. The number of aliphatic hydroxyl groups excluding tert-OH is 2. The Hall–Kier alpha value is 0.580. The first-order valence-electron chi connectivity index (χ1n) is 16.8. The molecule has 0 spiro atoms. The standard InChI is InChI=1S/C15H27B2O8P.C15H27B2O7PS/c1-11(7-14(4,16)23-10(11)6-18)25-26(20,21)22-9-13(3)12(2,19)8-15(5,17)24-13;1-11(7-14(4,16)22-10(11)6-18)24-25(20,26)21-9-13(3)12(2,19)8-15(5,17)23-13/h10,18-19H,6-9H2,1-5H3,(H,20,21);10,18-19H,6-9H2,1-5H3,(H,20,26)/t10?,11-,12-,13?,14?,15?;10?,11-,12-,13?,14?,15?,25?/m11/s1. The summed E-state index contributed by atoms with van der Waals surface area (Å²) in [5.41, 5.74) is -11.9. The van der Waals surface area contributed by atoms with Crippen molar-refractivity contribution >= 4 is 57.7 Å². The van der Waals surface area contributed by atoms with Gasteiger partial charge in [-0.25, -0.2) is 4.57 Å². The highest BCUT2D eigenvalue weighted by molar-refractivity contribution is 8.07. The lowest BCUT2D eigenvalue weighted by atomic mass is 9.75. The van der Waals surface area contributed by atoms with Crippen LogP contribution in [0.3, 0.4) is 0 Å². The summed E-state index contributed by atoms with van der Waals surface area (Å²) in [5, 5.41) is 40.2. The molecule has 4 saturated heterocycles. The van der Waals surface area contributed by atoms with E-state index in [9.17, 15) is 34.8 Å². The topological polar surface area (TPSA) is 212 Å². The molecule has 0 aromatic heterocycles. The van der Waals surface area contributed by atoms with Gasteiger partial charge in [0.2, 0.25) is 0 Å². The highest BCUT2D eigenvalue weighted by atomic mass is 32.5. The first-order chi connectivity index (χ1) is 22.9. The van der Waals surface area contributed by atoms with Gasteiger partial charge in [-0.05, 0) is 107 Å². The Bertz CT molecular complexity index is 1300. The van der Waals surface area contributed by atoms with Crippen LogP contribution in [0.1, 0.15) is 94.9 Å². The molecule has 52 heavy (non-hydrogen) atoms. The smallest absolute Gasteiger partial charge is 0.394 e. The average molecular weight is 792 g/mol. The summed E-state index contributed by atoms with van der Waals surface area (Å²) in [6, 6.07) is 0. The number of aliphatic hydroxyl groups is 4. The minimum atomic E-state index is -4.59. The number of hydrogen-bond acceptors (Lipinski definition) is 14. The van der Waals surface area contributed by atoms with E-state index in [4.69, 9.17) is 80.2 Å². The van der Waals surface area contributed by atoms with Gasteiger partial charge in [-0.3, -0.25) is 13.6 Å². The van der Waals surface area contributed by atoms with E-state index in [1.54, 1.807) is 55.4 Å². The van der Waals surface area contributed by atoms with Crippen LogP contribution in [0.2, 0.25) is 0 Å². The van der Waals surface area contributed by atoms with Crippen molar-refractivity contribution in [3.8, 4) is 0 Å². The van der Waals surface area contributed by atoms with Gasteiger partial charge in [0.15, 0.2) is 0 Å². The molecule has 4 rings (SSSR count). The number of phosphoric ester groups is 1. The molecule has 22 heteroatoms. The maximum atomic E-state index is 12.5. The van der Waals surface area contributed by atoms with Gasteiger partial charge in [0.1, 0.15) is 66.0 Å². The van der Waals surface area contributed by atoms with Crippen molar-refractivity contribution in [3.05, 3.63) is 0 Å². The van der Waals surface area contributed by atoms with E-state index in [2.05, 4.69) is 0 Å². The second-order valence-electron chi connectivity index (χ2n) is 17.0. The van der Waals surface area contributed by atoms with Gasteiger partial charge in [0.05, 0.1) is 37.6 Å². The highest BCUT2D eigenvalue weighted by Crippen LogP contribution is 2.56. The van der Waals surface area contributed by atoms with Crippen molar-refractivity contribution in [1.82, 2.24) is 0 Å². The third-order valence-corrected chi connectivity index (χ3v) is 12.9. The van der Waals surface area contributed by atoms with Crippen LogP contribution in [0.5, 0.6) is 0 Å². The van der Waals surface area contributed by atoms with Crippen LogP contribution in [-0.2, 0) is 53.4 Å². The van der Waals surface area contributed by atoms with E-state index in [0.29, 0.717) is 0 Å². The third-order valence-electron chi connectivity index (χ3n) is 10.2. The Labute approximate surface area is 318 Å². The first kappa shape index (κ1) is 47.0. The van der Waals surface area contributed by atoms with Gasteiger partial charge in [-0.1, -0.05) is 0 Å². The van der Waals surface area contributed by atoms with Gasteiger partial charge in [0.25, 0.3) is 0 Å². The summed E-state index contributed by atoms with van der Waals surface area (Å²) in [7, 11) is 19.2. The Morgan fingerprint density at radius 2 is 0.981 bits per heavy atom. The van der Waals surface area contributed by atoms with Gasteiger partial charge >= 0.3 is 14.5 Å². The van der Waals surface area contributed by atoms with Gasteiger partial charge in [0, 0.05) is 22.0 Å². The molecule has 4 fully saturated rings. The summed E-state index contributed by atoms with van der Waals surface area (Å²) in [6.45, 7) is 10.7. The van der Waals surface area contributed by atoms with Crippen LogP contribution >= 0.6 is 14.5 Å². The summed E-state index contributed by atoms with van der Waals surface area (Å²) in [6.07, 6.45) is -1.05. The second kappa shape index (κ2) is 14.8. The third kappa shape index (κ3) is 10.9. The van der Waals surface area contributed by atoms with Crippen molar-refractivity contribution in [2.45, 2.75) is 163 Å². The summed E-state index contributed by atoms with van der Waals surface area (Å²) < 4.78 is 56.4. The maximum Gasteiger partial charge on any atom is 0.472 e. The Morgan fingerprint density at radius 1 is 0.635 bits per heavy atom. The molecule has 0 bridgehead atoms. The van der Waals surface area contributed by atoms with Gasteiger partial charge < -0.3 is 53.7 Å². The summed E-state index contributed by atoms with van der Waals surface area (Å²) >= 11 is 5.12. The van der Waals surface area contributed by atoms with Gasteiger partial charge in [-0.2, -0.15) is 0 Å². The van der Waals surface area contributed by atoms with Crippen LogP contribution in [0.25, 0.3) is 0 Å². The Morgan fingerprint density at radius 3 is 1.31 bits per heavy atom. The number of ether oxygens (including phenoxy) is 4. The molecule has 4 heterocycles. The van der Waals surface area contributed by atoms with Gasteiger partial charge in [-0.15, -0.1) is 0 Å². The van der Waals surface area contributed by atoms with Crippen LogP contribution in [-0.4, -0.2) is 156 Å². The molecule has 4 aliphatic heterocycles. The molecule has 8 radical (unpaired) electrons. The SMILES string of the molecule is [B]C1(C)C[C@@](C)(OP(=O)(O)OCC2(C)OC([B])(C)C[C@@]2(C)O)C(CO)O1.[B]C1(C)C[C@@](C)(OP(O)(=S)OCC2(C)OC([B])(C)C[C@@]2(C)O)C(CO)O1. The molecule has 14 atom stereocenters. The average Bonchev–Trinajstić information content (AvgIpc) is 3.41. The lowest BCUT2D eigenvalue weighted by Gasteiger charge is -2.38. The molecular formula is C30H54B4O15P2S. The molecule has 292 valence electrons. The van der Waals surface area contributed by atoms with Crippen LogP contribution in [0.15, 0.2) is 0 Å². The monoisotopic (exact) mass is 792 g/mol. The van der Waals surface area contributed by atoms with E-state index in [1.165, 1.54) is 13.8 Å². The molecular weight excluding hydrogens is 738 g/mol. The molecule has 6 N–H and O–H groups in total. The van der Waals surface area contributed by atoms with Crippen molar-refractivity contribution in [2.75, 3.05) is 26.4 Å². The largest absolute Gasteiger partial charge is 0.472 e. The predicted molar refractivity (Wildman–Crippen MR) is 196 cm³/mol. The zero-order valence-electron chi connectivity index (χ0n) is 31.8. The molecule has 10 unspecified atom stereocenters. The molecule has 0 aliphatic carbocycles. The highest BCUT2D eigenvalue weighted by Gasteiger charge is 2.59. The van der Waals surface area contributed by atoms with Crippen molar-refractivity contribution in [3.63, 3.8) is 0 Å². The lowest BCUT2D eigenvalue weighted by Crippen LogP contribution is -2.50. The van der Waals surface area contributed by atoms with E-state index >= 15 is 0 Å². The number of rotatable bonds is 12. The van der Waals surface area contributed by atoms with Crippen LogP contribution in [0.4, 0.5) is 0 Å². The van der Waals surface area contributed by atoms with Crippen LogP contribution in [0, 0.1) is 0 Å². The molecule has 0 aromatic carbocycles. The minimum absolute atomic E-state index is 0.0749. The molecule has 0 saturated carbocycles. The van der Waals surface area contributed by atoms with Crippen molar-refractivity contribution in [2.24, 2.45) is 0 Å².